The summed E-state index contributed by atoms with van der Waals surface area (Å²) in [6.07, 6.45) is 4.93. The molecule has 0 aliphatic rings. The molecule has 1 aromatic rings. The van der Waals surface area contributed by atoms with Crippen LogP contribution in [0.1, 0.15) is 25.8 Å². The molecule has 0 aliphatic carbocycles. The molecule has 76 valence electrons. The van der Waals surface area contributed by atoms with Crippen LogP contribution in [0.2, 0.25) is 0 Å². The topological polar surface area (TPSA) is 9.23 Å². The standard InChI is InChI=1S/C13H18O/c1-3-12(2)11-14-10-9-13-7-5-4-6-8-13/h4-10,12H,3,11H2,1-2H3/b10-9+. The number of hydrogen-bond donors (Lipinski definition) is 0. The fraction of sp³-hybridized carbons (Fsp3) is 0.385. The minimum Gasteiger partial charge on any atom is -0.501 e. The van der Waals surface area contributed by atoms with Gasteiger partial charge in [-0.25, -0.2) is 0 Å². The Morgan fingerprint density at radius 3 is 2.64 bits per heavy atom. The van der Waals surface area contributed by atoms with Crippen LogP contribution in [-0.2, 0) is 4.74 Å². The summed E-state index contributed by atoms with van der Waals surface area (Å²) in [5.41, 5.74) is 1.18. The minimum atomic E-state index is 0.635. The molecule has 0 aliphatic heterocycles. The third kappa shape index (κ3) is 4.13. The van der Waals surface area contributed by atoms with Gasteiger partial charge < -0.3 is 4.74 Å². The summed E-state index contributed by atoms with van der Waals surface area (Å²) in [6, 6.07) is 10.2. The third-order valence-electron chi connectivity index (χ3n) is 2.23. The Hall–Kier alpha value is -1.24. The van der Waals surface area contributed by atoms with Gasteiger partial charge in [-0.3, -0.25) is 0 Å². The maximum absolute atomic E-state index is 5.41. The molecule has 1 nitrogen and oxygen atoms in total. The highest BCUT2D eigenvalue weighted by Crippen LogP contribution is 2.03. The number of benzene rings is 1. The number of rotatable bonds is 5. The molecule has 1 heteroatoms. The van der Waals surface area contributed by atoms with E-state index < -0.39 is 0 Å². The summed E-state index contributed by atoms with van der Waals surface area (Å²) in [5, 5.41) is 0. The maximum Gasteiger partial charge on any atom is 0.0898 e. The third-order valence-corrected chi connectivity index (χ3v) is 2.23. The minimum absolute atomic E-state index is 0.635. The highest BCUT2D eigenvalue weighted by atomic mass is 16.5. The van der Waals surface area contributed by atoms with E-state index in [0.29, 0.717) is 5.92 Å². The molecule has 1 aromatic carbocycles. The van der Waals surface area contributed by atoms with Gasteiger partial charge in [0, 0.05) is 0 Å². The van der Waals surface area contributed by atoms with Gasteiger partial charge in [-0.05, 0) is 17.6 Å². The summed E-state index contributed by atoms with van der Waals surface area (Å²) in [4.78, 5) is 0. The highest BCUT2D eigenvalue weighted by Gasteiger charge is 1.95. The molecule has 1 rings (SSSR count). The molecule has 14 heavy (non-hydrogen) atoms. The van der Waals surface area contributed by atoms with Gasteiger partial charge in [0.2, 0.25) is 0 Å². The molecule has 0 saturated heterocycles. The predicted molar refractivity (Wildman–Crippen MR) is 60.9 cm³/mol. The smallest absolute Gasteiger partial charge is 0.0898 e. The molecule has 0 amide bonds. The molecule has 0 spiro atoms. The van der Waals surface area contributed by atoms with Crippen molar-refractivity contribution >= 4 is 6.08 Å². The highest BCUT2D eigenvalue weighted by molar-refractivity contribution is 5.47. The van der Waals surface area contributed by atoms with Crippen molar-refractivity contribution in [3.8, 4) is 0 Å². The van der Waals surface area contributed by atoms with Crippen LogP contribution in [0.5, 0.6) is 0 Å². The van der Waals surface area contributed by atoms with Gasteiger partial charge in [-0.15, -0.1) is 0 Å². The monoisotopic (exact) mass is 190 g/mol. The lowest BCUT2D eigenvalue weighted by molar-refractivity contribution is 0.202. The molecule has 0 saturated carbocycles. The van der Waals surface area contributed by atoms with Crippen LogP contribution in [0.15, 0.2) is 36.6 Å². The molecule has 0 radical (unpaired) electrons. The average molecular weight is 190 g/mol. The second kappa shape index (κ2) is 6.25. The van der Waals surface area contributed by atoms with Gasteiger partial charge in [-0.1, -0.05) is 50.6 Å². The first-order valence-corrected chi connectivity index (χ1v) is 5.16. The van der Waals surface area contributed by atoms with E-state index in [2.05, 4.69) is 26.0 Å². The zero-order valence-corrected chi connectivity index (χ0v) is 8.94. The van der Waals surface area contributed by atoms with Crippen LogP contribution in [0.4, 0.5) is 0 Å². The Kier molecular flexibility index (Phi) is 4.84. The van der Waals surface area contributed by atoms with Crippen LogP contribution in [-0.4, -0.2) is 6.61 Å². The van der Waals surface area contributed by atoms with Gasteiger partial charge in [0.15, 0.2) is 0 Å². The van der Waals surface area contributed by atoms with Crippen LogP contribution in [0.25, 0.3) is 6.08 Å². The SMILES string of the molecule is CCC(C)CO/C=C/c1ccccc1. The molecule has 0 heterocycles. The molecular weight excluding hydrogens is 172 g/mol. The van der Waals surface area contributed by atoms with Crippen LogP contribution in [0, 0.1) is 5.92 Å². The zero-order valence-electron chi connectivity index (χ0n) is 8.94. The molecule has 1 atom stereocenters. The number of hydrogen-bond acceptors (Lipinski definition) is 1. The molecule has 0 bridgehead atoms. The van der Waals surface area contributed by atoms with Gasteiger partial charge in [-0.2, -0.15) is 0 Å². The summed E-state index contributed by atoms with van der Waals surface area (Å²) >= 11 is 0. The van der Waals surface area contributed by atoms with E-state index in [1.807, 2.05) is 24.3 Å². The largest absolute Gasteiger partial charge is 0.501 e. The average Bonchev–Trinajstić information content (AvgIpc) is 2.25. The lowest BCUT2D eigenvalue weighted by Crippen LogP contribution is -2.00. The molecule has 0 fully saturated rings. The molecular formula is C13H18O. The zero-order chi connectivity index (χ0) is 10.2. The quantitative estimate of drug-likeness (QED) is 0.643. The lowest BCUT2D eigenvalue weighted by atomic mass is 10.1. The van der Waals surface area contributed by atoms with Gasteiger partial charge in [0.05, 0.1) is 12.9 Å². The van der Waals surface area contributed by atoms with Crippen molar-refractivity contribution in [1.82, 2.24) is 0 Å². The summed E-state index contributed by atoms with van der Waals surface area (Å²) in [6.45, 7) is 5.17. The Bertz CT molecular complexity index is 264. The van der Waals surface area contributed by atoms with Gasteiger partial charge in [0.1, 0.15) is 0 Å². The Morgan fingerprint density at radius 2 is 2.00 bits per heavy atom. The lowest BCUT2D eigenvalue weighted by Gasteiger charge is -2.06. The molecule has 0 N–H and O–H groups in total. The van der Waals surface area contributed by atoms with E-state index in [1.54, 1.807) is 6.26 Å². The second-order valence-electron chi connectivity index (χ2n) is 3.56. The van der Waals surface area contributed by atoms with Crippen LogP contribution in [0.3, 0.4) is 0 Å². The first-order valence-electron chi connectivity index (χ1n) is 5.16. The van der Waals surface area contributed by atoms with E-state index in [0.717, 1.165) is 6.61 Å². The van der Waals surface area contributed by atoms with Gasteiger partial charge >= 0.3 is 0 Å². The van der Waals surface area contributed by atoms with Crippen molar-refractivity contribution in [1.29, 1.82) is 0 Å². The molecule has 1 unspecified atom stereocenters. The van der Waals surface area contributed by atoms with E-state index in [1.165, 1.54) is 12.0 Å². The second-order valence-corrected chi connectivity index (χ2v) is 3.56. The Labute approximate surface area is 86.4 Å². The van der Waals surface area contributed by atoms with Crippen molar-refractivity contribution in [3.05, 3.63) is 42.2 Å². The predicted octanol–water partition coefficient (Wildman–Crippen LogP) is 3.72. The Balaban J connectivity index is 2.28. The Morgan fingerprint density at radius 1 is 1.29 bits per heavy atom. The van der Waals surface area contributed by atoms with Crippen molar-refractivity contribution in [2.75, 3.05) is 6.61 Å². The van der Waals surface area contributed by atoms with E-state index >= 15 is 0 Å². The summed E-state index contributed by atoms with van der Waals surface area (Å²) < 4.78 is 5.41. The van der Waals surface area contributed by atoms with Gasteiger partial charge in [0.25, 0.3) is 0 Å². The maximum atomic E-state index is 5.41. The van der Waals surface area contributed by atoms with E-state index in [9.17, 15) is 0 Å². The number of ether oxygens (including phenoxy) is 1. The van der Waals surface area contributed by atoms with Crippen molar-refractivity contribution < 1.29 is 4.74 Å². The van der Waals surface area contributed by atoms with Crippen LogP contribution >= 0.6 is 0 Å². The summed E-state index contributed by atoms with van der Waals surface area (Å²) in [7, 11) is 0. The van der Waals surface area contributed by atoms with Crippen LogP contribution < -0.4 is 0 Å². The normalized spacial score (nSPS) is 13.0. The van der Waals surface area contributed by atoms with Crippen molar-refractivity contribution in [2.45, 2.75) is 20.3 Å². The summed E-state index contributed by atoms with van der Waals surface area (Å²) in [5.74, 6) is 0.635. The van der Waals surface area contributed by atoms with Crippen molar-refractivity contribution in [3.63, 3.8) is 0 Å². The van der Waals surface area contributed by atoms with E-state index in [-0.39, 0.29) is 0 Å². The first kappa shape index (κ1) is 10.8. The van der Waals surface area contributed by atoms with E-state index in [4.69, 9.17) is 4.74 Å². The van der Waals surface area contributed by atoms with Crippen molar-refractivity contribution in [2.24, 2.45) is 5.92 Å². The fourth-order valence-corrected chi connectivity index (χ4v) is 1.03. The fourth-order valence-electron chi connectivity index (χ4n) is 1.03. The molecule has 0 aromatic heterocycles. The first-order chi connectivity index (χ1) is 6.83.